The molecule has 2 aromatic carbocycles. The van der Waals surface area contributed by atoms with Gasteiger partial charge in [0.2, 0.25) is 5.76 Å². The number of hydrogen-bond acceptors (Lipinski definition) is 7. The fourth-order valence-corrected chi connectivity index (χ4v) is 3.29. The summed E-state index contributed by atoms with van der Waals surface area (Å²) in [5.74, 6) is -1.67. The van der Waals surface area contributed by atoms with E-state index in [0.717, 1.165) is 4.90 Å². The summed E-state index contributed by atoms with van der Waals surface area (Å²) in [5.41, 5.74) is 0.372. The van der Waals surface area contributed by atoms with Gasteiger partial charge in [-0.05, 0) is 54.1 Å². The maximum Gasteiger partial charge on any atom is 0.379 e. The third-order valence-electron chi connectivity index (χ3n) is 4.62. The Hall–Kier alpha value is -4.37. The predicted molar refractivity (Wildman–Crippen MR) is 117 cm³/mol. The highest BCUT2D eigenvalue weighted by atomic mass is 35.5. The Morgan fingerprint density at radius 3 is 2.48 bits per heavy atom. The summed E-state index contributed by atoms with van der Waals surface area (Å²) in [4.78, 5) is 50.4. The van der Waals surface area contributed by atoms with Crippen LogP contribution in [0.25, 0.3) is 6.08 Å². The number of halogens is 1. The largest absolute Gasteiger partial charge is 0.495 e. The van der Waals surface area contributed by atoms with Crippen molar-refractivity contribution >= 4 is 47.2 Å². The third kappa shape index (κ3) is 4.48. The Morgan fingerprint density at radius 1 is 1.09 bits per heavy atom. The summed E-state index contributed by atoms with van der Waals surface area (Å²) in [6.07, 6.45) is 2.67. The molecule has 0 atom stereocenters. The number of rotatable bonds is 5. The van der Waals surface area contributed by atoms with E-state index in [1.165, 1.54) is 55.8 Å². The van der Waals surface area contributed by atoms with Crippen LogP contribution in [0.1, 0.15) is 16.1 Å². The van der Waals surface area contributed by atoms with Crippen LogP contribution in [0.2, 0.25) is 5.02 Å². The highest BCUT2D eigenvalue weighted by molar-refractivity contribution is 6.39. The second-order valence-corrected chi connectivity index (χ2v) is 7.12. The van der Waals surface area contributed by atoms with Crippen LogP contribution >= 0.6 is 11.6 Å². The smallest absolute Gasteiger partial charge is 0.379 e. The van der Waals surface area contributed by atoms with Crippen LogP contribution in [-0.4, -0.2) is 30.9 Å². The molecular formula is C23H15ClN2O7. The summed E-state index contributed by atoms with van der Waals surface area (Å²) in [6, 6.07) is 12.6. The molecule has 1 aliphatic heterocycles. The first-order valence-corrected chi connectivity index (χ1v) is 9.86. The second kappa shape index (κ2) is 9.01. The van der Waals surface area contributed by atoms with Crippen LogP contribution in [0.3, 0.4) is 0 Å². The van der Waals surface area contributed by atoms with Gasteiger partial charge in [-0.1, -0.05) is 23.7 Å². The molecule has 1 fully saturated rings. The maximum absolute atomic E-state index is 13.0. The summed E-state index contributed by atoms with van der Waals surface area (Å²) < 4.78 is 15.2. The minimum atomic E-state index is -0.899. The van der Waals surface area contributed by atoms with Gasteiger partial charge in [0, 0.05) is 0 Å². The Labute approximate surface area is 192 Å². The van der Waals surface area contributed by atoms with Crippen molar-refractivity contribution in [2.75, 3.05) is 12.0 Å². The molecule has 0 saturated carbocycles. The van der Waals surface area contributed by atoms with Gasteiger partial charge in [-0.25, -0.2) is 14.5 Å². The molecule has 4 rings (SSSR count). The number of esters is 1. The van der Waals surface area contributed by atoms with Crippen LogP contribution < -0.4 is 19.7 Å². The van der Waals surface area contributed by atoms with Crippen LogP contribution in [0.5, 0.6) is 11.5 Å². The maximum atomic E-state index is 13.0. The molecule has 0 aliphatic carbocycles. The molecule has 0 bridgehead atoms. The molecule has 1 saturated heterocycles. The molecule has 33 heavy (non-hydrogen) atoms. The number of hydrogen-bond donors (Lipinski definition) is 1. The van der Waals surface area contributed by atoms with E-state index < -0.39 is 23.8 Å². The summed E-state index contributed by atoms with van der Waals surface area (Å²) in [6.45, 7) is 0. The minimum Gasteiger partial charge on any atom is -0.495 e. The zero-order valence-electron chi connectivity index (χ0n) is 17.0. The van der Waals surface area contributed by atoms with E-state index in [9.17, 15) is 19.2 Å². The average Bonchev–Trinajstić information content (AvgIpc) is 3.33. The second-order valence-electron chi connectivity index (χ2n) is 6.71. The standard InChI is InChI=1S/C23H15ClN2O7/c1-31-18-9-6-14(12-17(18)24)26-21(28)16(20(27)25-23(26)30)11-13-4-7-15(8-5-13)33-22(29)19-3-2-10-32-19/h2-12H,1H3,(H,25,27,30)/b16-11-. The van der Waals surface area contributed by atoms with Crippen LogP contribution in [0.4, 0.5) is 10.5 Å². The molecule has 4 amide bonds. The van der Waals surface area contributed by atoms with Crippen molar-refractivity contribution in [3.05, 3.63) is 82.8 Å². The lowest BCUT2D eigenvalue weighted by Crippen LogP contribution is -2.54. The van der Waals surface area contributed by atoms with Crippen LogP contribution in [0.15, 0.2) is 70.9 Å². The van der Waals surface area contributed by atoms with Gasteiger partial charge in [0.25, 0.3) is 11.8 Å². The number of urea groups is 1. The number of nitrogens with zero attached hydrogens (tertiary/aromatic N) is 1. The number of amides is 4. The molecule has 0 unspecified atom stereocenters. The van der Waals surface area contributed by atoms with Crippen molar-refractivity contribution in [2.24, 2.45) is 0 Å². The minimum absolute atomic E-state index is 0.0501. The highest BCUT2D eigenvalue weighted by Gasteiger charge is 2.37. The van der Waals surface area contributed by atoms with E-state index in [1.54, 1.807) is 18.2 Å². The predicted octanol–water partition coefficient (Wildman–Crippen LogP) is 3.83. The fraction of sp³-hybridized carbons (Fsp3) is 0.0435. The number of carbonyl (C=O) groups is 4. The SMILES string of the molecule is COc1ccc(N2C(=O)NC(=O)/C(=C/c3ccc(OC(=O)c4ccco4)cc3)C2=O)cc1Cl. The van der Waals surface area contributed by atoms with Gasteiger partial charge in [0.1, 0.15) is 17.1 Å². The normalized spacial score (nSPS) is 14.9. The van der Waals surface area contributed by atoms with Crippen molar-refractivity contribution < 1.29 is 33.1 Å². The zero-order valence-corrected chi connectivity index (χ0v) is 17.8. The molecule has 1 N–H and O–H groups in total. The number of anilines is 1. The number of furan rings is 1. The van der Waals surface area contributed by atoms with Crippen molar-refractivity contribution in [1.29, 1.82) is 0 Å². The molecule has 1 aliphatic rings. The summed E-state index contributed by atoms with van der Waals surface area (Å²) in [5, 5.41) is 2.33. The van der Waals surface area contributed by atoms with Gasteiger partial charge < -0.3 is 13.9 Å². The van der Waals surface area contributed by atoms with Gasteiger partial charge in [0.15, 0.2) is 0 Å². The monoisotopic (exact) mass is 466 g/mol. The molecule has 9 nitrogen and oxygen atoms in total. The lowest BCUT2D eigenvalue weighted by atomic mass is 10.1. The Balaban J connectivity index is 1.57. The quantitative estimate of drug-likeness (QED) is 0.263. The Bertz CT molecular complexity index is 1280. The summed E-state index contributed by atoms with van der Waals surface area (Å²) >= 11 is 6.10. The number of benzene rings is 2. The molecular weight excluding hydrogens is 452 g/mol. The van der Waals surface area contributed by atoms with Crippen LogP contribution in [0, 0.1) is 0 Å². The first-order valence-electron chi connectivity index (χ1n) is 9.48. The van der Waals surface area contributed by atoms with Crippen molar-refractivity contribution in [2.45, 2.75) is 0 Å². The number of barbiturate groups is 1. The molecule has 10 heteroatoms. The number of methoxy groups -OCH3 is 1. The topological polar surface area (TPSA) is 115 Å². The number of nitrogens with one attached hydrogen (secondary N) is 1. The lowest BCUT2D eigenvalue weighted by Gasteiger charge is -2.26. The van der Waals surface area contributed by atoms with Gasteiger partial charge in [-0.2, -0.15) is 0 Å². The van der Waals surface area contributed by atoms with E-state index >= 15 is 0 Å². The van der Waals surface area contributed by atoms with E-state index in [-0.39, 0.29) is 27.8 Å². The fourth-order valence-electron chi connectivity index (χ4n) is 3.04. The average molecular weight is 467 g/mol. The Kier molecular flexibility index (Phi) is 5.97. The van der Waals surface area contributed by atoms with E-state index in [0.29, 0.717) is 11.3 Å². The number of imide groups is 2. The van der Waals surface area contributed by atoms with Gasteiger partial charge in [0.05, 0.1) is 24.1 Å². The van der Waals surface area contributed by atoms with Gasteiger partial charge in [-0.15, -0.1) is 0 Å². The van der Waals surface area contributed by atoms with E-state index in [2.05, 4.69) is 5.32 Å². The zero-order chi connectivity index (χ0) is 23.5. The third-order valence-corrected chi connectivity index (χ3v) is 4.91. The van der Waals surface area contributed by atoms with E-state index in [1.807, 2.05) is 0 Å². The van der Waals surface area contributed by atoms with E-state index in [4.69, 9.17) is 25.5 Å². The highest BCUT2D eigenvalue weighted by Crippen LogP contribution is 2.31. The first-order chi connectivity index (χ1) is 15.9. The Morgan fingerprint density at radius 2 is 1.85 bits per heavy atom. The molecule has 1 aromatic heterocycles. The number of carbonyl (C=O) groups excluding carboxylic acids is 4. The van der Waals surface area contributed by atoms with Crippen molar-refractivity contribution in [1.82, 2.24) is 5.32 Å². The van der Waals surface area contributed by atoms with Crippen molar-refractivity contribution in [3.8, 4) is 11.5 Å². The van der Waals surface area contributed by atoms with Gasteiger partial charge in [-0.3, -0.25) is 14.9 Å². The number of ether oxygens (including phenoxy) is 2. The van der Waals surface area contributed by atoms with Crippen molar-refractivity contribution in [3.63, 3.8) is 0 Å². The van der Waals surface area contributed by atoms with Gasteiger partial charge >= 0.3 is 12.0 Å². The molecule has 0 spiro atoms. The lowest BCUT2D eigenvalue weighted by molar-refractivity contribution is -0.122. The molecule has 166 valence electrons. The first kappa shape index (κ1) is 21.8. The van der Waals surface area contributed by atoms with Crippen LogP contribution in [-0.2, 0) is 9.59 Å². The molecule has 2 heterocycles. The summed E-state index contributed by atoms with van der Waals surface area (Å²) in [7, 11) is 1.43. The molecule has 3 aromatic rings. The molecule has 0 radical (unpaired) electrons.